The summed E-state index contributed by atoms with van der Waals surface area (Å²) < 4.78 is 0. The van der Waals surface area contributed by atoms with Crippen molar-refractivity contribution in [1.29, 1.82) is 0 Å². The highest BCUT2D eigenvalue weighted by atomic mass is 16.1. The van der Waals surface area contributed by atoms with Gasteiger partial charge in [-0.25, -0.2) is 9.97 Å². The minimum atomic E-state index is 0.173. The molecule has 1 aliphatic heterocycles. The van der Waals surface area contributed by atoms with E-state index in [4.69, 9.17) is 0 Å². The highest BCUT2D eigenvalue weighted by Gasteiger charge is 2.26. The van der Waals surface area contributed by atoms with E-state index in [0.717, 1.165) is 37.4 Å². The summed E-state index contributed by atoms with van der Waals surface area (Å²) in [6, 6.07) is 1.88. The Hall–Kier alpha value is -1.33. The fraction of sp³-hybridized carbons (Fsp3) is 0.583. The van der Waals surface area contributed by atoms with Gasteiger partial charge in [-0.2, -0.15) is 0 Å². The second-order valence-corrected chi connectivity index (χ2v) is 4.67. The minimum Gasteiger partial charge on any atom is -0.303 e. The van der Waals surface area contributed by atoms with Crippen LogP contribution >= 0.6 is 0 Å². The summed E-state index contributed by atoms with van der Waals surface area (Å²) >= 11 is 0. The summed E-state index contributed by atoms with van der Waals surface area (Å²) in [5, 5.41) is 0. The number of piperazine rings is 1. The number of likely N-dealkylation sites (N-methyl/N-ethyl adjacent to an activating group) is 2. The zero-order chi connectivity index (χ0) is 12.4. The smallest absolute Gasteiger partial charge is 0.168 e. The van der Waals surface area contributed by atoms with Gasteiger partial charge in [0.15, 0.2) is 6.29 Å². The van der Waals surface area contributed by atoms with Crippen molar-refractivity contribution in [3.63, 3.8) is 0 Å². The lowest BCUT2D eigenvalue weighted by Gasteiger charge is -2.36. The van der Waals surface area contributed by atoms with Crippen LogP contribution < -0.4 is 0 Å². The van der Waals surface area contributed by atoms with E-state index in [1.165, 1.54) is 0 Å². The average molecular weight is 234 g/mol. The Balaban J connectivity index is 2.31. The van der Waals surface area contributed by atoms with E-state index in [1.54, 1.807) is 6.07 Å². The number of hydrogen-bond acceptors (Lipinski definition) is 5. The number of aryl methyl sites for hydroxylation is 1. The normalized spacial score (nSPS) is 22.6. The van der Waals surface area contributed by atoms with E-state index >= 15 is 0 Å². The maximum Gasteiger partial charge on any atom is 0.168 e. The van der Waals surface area contributed by atoms with Crippen LogP contribution in [-0.2, 0) is 0 Å². The molecule has 92 valence electrons. The Kier molecular flexibility index (Phi) is 3.49. The van der Waals surface area contributed by atoms with E-state index in [-0.39, 0.29) is 6.04 Å². The molecule has 1 saturated heterocycles. The van der Waals surface area contributed by atoms with Crippen molar-refractivity contribution in [2.24, 2.45) is 0 Å². The third kappa shape index (κ3) is 2.68. The predicted molar refractivity (Wildman–Crippen MR) is 65.0 cm³/mol. The fourth-order valence-electron chi connectivity index (χ4n) is 2.11. The number of carbonyl (C=O) groups is 1. The quantitative estimate of drug-likeness (QED) is 0.698. The van der Waals surface area contributed by atoms with Crippen molar-refractivity contribution in [2.45, 2.75) is 13.0 Å². The molecule has 1 fully saturated rings. The molecule has 0 spiro atoms. The first-order valence-corrected chi connectivity index (χ1v) is 5.79. The highest BCUT2D eigenvalue weighted by Crippen LogP contribution is 2.20. The van der Waals surface area contributed by atoms with E-state index in [2.05, 4.69) is 33.9 Å². The van der Waals surface area contributed by atoms with Gasteiger partial charge in [0, 0.05) is 25.3 Å². The van der Waals surface area contributed by atoms with Crippen LogP contribution in [0, 0.1) is 6.92 Å². The first-order valence-electron chi connectivity index (χ1n) is 5.79. The zero-order valence-corrected chi connectivity index (χ0v) is 10.6. The zero-order valence-electron chi connectivity index (χ0n) is 10.6. The van der Waals surface area contributed by atoms with Crippen LogP contribution in [0.15, 0.2) is 6.07 Å². The average Bonchev–Trinajstić information content (AvgIpc) is 2.31. The minimum absolute atomic E-state index is 0.173. The van der Waals surface area contributed by atoms with Crippen LogP contribution in [0.5, 0.6) is 0 Å². The number of aldehydes is 1. The van der Waals surface area contributed by atoms with Crippen LogP contribution in [0.25, 0.3) is 0 Å². The molecule has 1 aliphatic rings. The van der Waals surface area contributed by atoms with Crippen LogP contribution in [0.4, 0.5) is 0 Å². The van der Waals surface area contributed by atoms with Crippen molar-refractivity contribution in [3.05, 3.63) is 23.3 Å². The predicted octanol–water partition coefficient (Wildman–Crippen LogP) is 0.516. The molecule has 2 heterocycles. The molecule has 5 nitrogen and oxygen atoms in total. The van der Waals surface area contributed by atoms with Gasteiger partial charge in [-0.05, 0) is 27.1 Å². The number of aromatic nitrogens is 2. The van der Waals surface area contributed by atoms with Crippen molar-refractivity contribution in [1.82, 2.24) is 19.8 Å². The SMILES string of the molecule is Cc1cc(C=O)nc(C2CN(C)CCN2C)n1. The molecule has 2 rings (SSSR count). The molecule has 0 aromatic carbocycles. The maximum atomic E-state index is 10.8. The lowest BCUT2D eigenvalue weighted by atomic mass is 10.1. The monoisotopic (exact) mass is 234 g/mol. The third-order valence-electron chi connectivity index (χ3n) is 3.16. The van der Waals surface area contributed by atoms with Crippen molar-refractivity contribution in [3.8, 4) is 0 Å². The molecule has 1 aromatic heterocycles. The summed E-state index contributed by atoms with van der Waals surface area (Å²) in [6.07, 6.45) is 0.782. The van der Waals surface area contributed by atoms with Crippen molar-refractivity contribution >= 4 is 6.29 Å². The molecule has 0 saturated carbocycles. The van der Waals surface area contributed by atoms with E-state index in [0.29, 0.717) is 5.69 Å². The Morgan fingerprint density at radius 2 is 2.12 bits per heavy atom. The summed E-state index contributed by atoms with van der Waals surface area (Å²) in [4.78, 5) is 24.1. The number of rotatable bonds is 2. The van der Waals surface area contributed by atoms with Crippen LogP contribution in [0.1, 0.15) is 28.0 Å². The topological polar surface area (TPSA) is 49.3 Å². The van der Waals surface area contributed by atoms with Crippen LogP contribution in [0.3, 0.4) is 0 Å². The lowest BCUT2D eigenvalue weighted by Crippen LogP contribution is -2.45. The molecule has 0 bridgehead atoms. The lowest BCUT2D eigenvalue weighted by molar-refractivity contribution is 0.107. The largest absolute Gasteiger partial charge is 0.303 e. The highest BCUT2D eigenvalue weighted by molar-refractivity contribution is 5.71. The first kappa shape index (κ1) is 12.1. The molecular weight excluding hydrogens is 216 g/mol. The van der Waals surface area contributed by atoms with E-state index < -0.39 is 0 Å². The van der Waals surface area contributed by atoms with Gasteiger partial charge in [0.2, 0.25) is 0 Å². The third-order valence-corrected chi connectivity index (χ3v) is 3.16. The fourth-order valence-corrected chi connectivity index (χ4v) is 2.11. The summed E-state index contributed by atoms with van der Waals surface area (Å²) in [5.41, 5.74) is 1.31. The van der Waals surface area contributed by atoms with Gasteiger partial charge in [-0.3, -0.25) is 9.69 Å². The van der Waals surface area contributed by atoms with Crippen LogP contribution in [-0.4, -0.2) is 59.8 Å². The van der Waals surface area contributed by atoms with Gasteiger partial charge >= 0.3 is 0 Å². The Morgan fingerprint density at radius 1 is 1.35 bits per heavy atom. The Labute approximate surface area is 101 Å². The second kappa shape index (κ2) is 4.89. The molecule has 5 heteroatoms. The summed E-state index contributed by atoms with van der Waals surface area (Å²) in [6.45, 7) is 4.84. The molecule has 0 N–H and O–H groups in total. The second-order valence-electron chi connectivity index (χ2n) is 4.67. The van der Waals surface area contributed by atoms with Gasteiger partial charge in [0.25, 0.3) is 0 Å². The molecule has 1 atom stereocenters. The molecule has 17 heavy (non-hydrogen) atoms. The molecular formula is C12H18N4O. The molecule has 0 amide bonds. The van der Waals surface area contributed by atoms with Crippen molar-refractivity contribution in [2.75, 3.05) is 33.7 Å². The van der Waals surface area contributed by atoms with Gasteiger partial charge in [-0.15, -0.1) is 0 Å². The molecule has 1 unspecified atom stereocenters. The summed E-state index contributed by atoms with van der Waals surface area (Å²) in [5.74, 6) is 0.751. The van der Waals surface area contributed by atoms with Gasteiger partial charge in [0.05, 0.1) is 6.04 Å². The summed E-state index contributed by atoms with van der Waals surface area (Å²) in [7, 11) is 4.17. The molecule has 0 radical (unpaired) electrons. The number of nitrogens with zero attached hydrogens (tertiary/aromatic N) is 4. The molecule has 0 aliphatic carbocycles. The van der Waals surface area contributed by atoms with Gasteiger partial charge in [-0.1, -0.05) is 0 Å². The first-order chi connectivity index (χ1) is 8.10. The maximum absolute atomic E-state index is 10.8. The van der Waals surface area contributed by atoms with Crippen molar-refractivity contribution < 1.29 is 4.79 Å². The van der Waals surface area contributed by atoms with Gasteiger partial charge < -0.3 is 4.90 Å². The van der Waals surface area contributed by atoms with E-state index in [9.17, 15) is 4.79 Å². The Bertz CT molecular complexity index is 421. The van der Waals surface area contributed by atoms with Crippen LogP contribution in [0.2, 0.25) is 0 Å². The van der Waals surface area contributed by atoms with Gasteiger partial charge in [0.1, 0.15) is 11.5 Å². The standard InChI is InChI=1S/C12H18N4O/c1-9-6-10(8-17)14-12(13-9)11-7-15(2)4-5-16(11)3/h6,8,11H,4-5,7H2,1-3H3. The van der Waals surface area contributed by atoms with E-state index in [1.807, 2.05) is 6.92 Å². The number of carbonyl (C=O) groups excluding carboxylic acids is 1. The molecule has 1 aromatic rings. The Morgan fingerprint density at radius 3 is 2.82 bits per heavy atom. The number of hydrogen-bond donors (Lipinski definition) is 0.